The number of aromatic nitrogens is 2. The number of rotatable bonds is 4. The van der Waals surface area contributed by atoms with E-state index in [1.54, 1.807) is 12.1 Å². The Bertz CT molecular complexity index is 689. The number of carbonyl (C=O) groups excluding carboxylic acids is 1. The first-order valence-electron chi connectivity index (χ1n) is 6.89. The monoisotopic (exact) mass is 352 g/mol. The second-order valence-corrected chi connectivity index (χ2v) is 5.10. The van der Waals surface area contributed by atoms with Gasteiger partial charge in [-0.3, -0.25) is 0 Å². The van der Waals surface area contributed by atoms with Gasteiger partial charge in [0.2, 0.25) is 5.88 Å². The molecule has 0 aliphatic heterocycles. The number of ether oxygens (including phenoxy) is 2. The zero-order valence-corrected chi connectivity index (χ0v) is 14.1. The summed E-state index contributed by atoms with van der Waals surface area (Å²) in [7, 11) is 1.34. The molecule has 2 rings (SSSR count). The summed E-state index contributed by atoms with van der Waals surface area (Å²) in [6, 6.07) is 5.98. The van der Waals surface area contributed by atoms with Crippen LogP contribution in [-0.2, 0) is 4.74 Å². The Hall–Kier alpha value is -2.67. The Morgan fingerprint density at radius 1 is 1.17 bits per heavy atom. The van der Waals surface area contributed by atoms with Crippen LogP contribution in [0.5, 0.6) is 5.88 Å². The van der Waals surface area contributed by atoms with E-state index in [1.807, 2.05) is 13.8 Å². The first-order chi connectivity index (χ1) is 11.3. The van der Waals surface area contributed by atoms with Crippen molar-refractivity contribution in [2.75, 3.05) is 7.11 Å². The third kappa shape index (κ3) is 6.62. The van der Waals surface area contributed by atoms with Crippen molar-refractivity contribution in [1.29, 1.82) is 0 Å². The van der Waals surface area contributed by atoms with E-state index in [2.05, 4.69) is 14.7 Å². The SMILES string of the molecule is COC(=O)c1ccnc(OC(C)C)c1.O=C(O)c1ccc(Cl)nc1. The number of carboxylic acids is 1. The molecule has 1 N–H and O–H groups in total. The summed E-state index contributed by atoms with van der Waals surface area (Å²) >= 11 is 5.41. The summed E-state index contributed by atoms with van der Waals surface area (Å²) in [4.78, 5) is 28.9. The van der Waals surface area contributed by atoms with E-state index in [4.69, 9.17) is 21.4 Å². The number of esters is 1. The molecule has 0 spiro atoms. The first-order valence-corrected chi connectivity index (χ1v) is 7.27. The van der Waals surface area contributed by atoms with Crippen molar-refractivity contribution in [1.82, 2.24) is 9.97 Å². The van der Waals surface area contributed by atoms with E-state index in [1.165, 1.54) is 31.6 Å². The van der Waals surface area contributed by atoms with E-state index in [0.717, 1.165) is 0 Å². The van der Waals surface area contributed by atoms with Crippen LogP contribution in [0.4, 0.5) is 0 Å². The number of pyridine rings is 2. The van der Waals surface area contributed by atoms with Crippen LogP contribution in [0.3, 0.4) is 0 Å². The van der Waals surface area contributed by atoms with Gasteiger partial charge in [0.15, 0.2) is 0 Å². The first kappa shape index (κ1) is 19.4. The maximum atomic E-state index is 11.1. The number of aromatic carboxylic acids is 1. The molecule has 0 unspecified atom stereocenters. The molecule has 0 bridgehead atoms. The van der Waals surface area contributed by atoms with Gasteiger partial charge in [-0.05, 0) is 32.0 Å². The van der Waals surface area contributed by atoms with Crippen molar-refractivity contribution in [3.05, 3.63) is 52.9 Å². The zero-order chi connectivity index (χ0) is 18.1. The molecule has 7 nitrogen and oxygen atoms in total. The largest absolute Gasteiger partial charge is 0.478 e. The van der Waals surface area contributed by atoms with Crippen molar-refractivity contribution in [3.8, 4) is 5.88 Å². The zero-order valence-electron chi connectivity index (χ0n) is 13.4. The highest BCUT2D eigenvalue weighted by molar-refractivity contribution is 6.29. The normalized spacial score (nSPS) is 9.71. The van der Waals surface area contributed by atoms with Crippen LogP contribution in [0, 0.1) is 0 Å². The molecule has 2 heterocycles. The minimum atomic E-state index is -0.996. The van der Waals surface area contributed by atoms with Gasteiger partial charge >= 0.3 is 11.9 Å². The van der Waals surface area contributed by atoms with Crippen LogP contribution in [0.25, 0.3) is 0 Å². The molecule has 8 heteroatoms. The maximum absolute atomic E-state index is 11.1. The molecule has 0 atom stereocenters. The van der Waals surface area contributed by atoms with Gasteiger partial charge in [-0.1, -0.05) is 11.6 Å². The minimum absolute atomic E-state index is 0.0374. The van der Waals surface area contributed by atoms with E-state index in [-0.39, 0.29) is 17.6 Å². The van der Waals surface area contributed by atoms with Gasteiger partial charge in [0.05, 0.1) is 24.3 Å². The molecule has 0 saturated heterocycles. The van der Waals surface area contributed by atoms with Gasteiger partial charge in [0, 0.05) is 18.5 Å². The molecule has 2 aromatic heterocycles. The van der Waals surface area contributed by atoms with Crippen molar-refractivity contribution in [2.24, 2.45) is 0 Å². The molecule has 24 heavy (non-hydrogen) atoms. The summed E-state index contributed by atoms with van der Waals surface area (Å²) in [6.07, 6.45) is 2.77. The molecular formula is C16H17ClN2O5. The van der Waals surface area contributed by atoms with Crippen molar-refractivity contribution < 1.29 is 24.2 Å². The highest BCUT2D eigenvalue weighted by Gasteiger charge is 2.07. The lowest BCUT2D eigenvalue weighted by Gasteiger charge is -2.08. The number of hydrogen-bond donors (Lipinski definition) is 1. The van der Waals surface area contributed by atoms with Gasteiger partial charge in [-0.2, -0.15) is 0 Å². The lowest BCUT2D eigenvalue weighted by Crippen LogP contribution is -2.08. The van der Waals surface area contributed by atoms with E-state index in [9.17, 15) is 9.59 Å². The highest BCUT2D eigenvalue weighted by Crippen LogP contribution is 2.11. The van der Waals surface area contributed by atoms with Gasteiger partial charge < -0.3 is 14.6 Å². The fraction of sp³-hybridized carbons (Fsp3) is 0.250. The second-order valence-electron chi connectivity index (χ2n) is 4.72. The number of methoxy groups -OCH3 is 1. The quantitative estimate of drug-likeness (QED) is 0.666. The Balaban J connectivity index is 0.000000254. The molecule has 0 aliphatic carbocycles. The lowest BCUT2D eigenvalue weighted by molar-refractivity contribution is 0.0598. The van der Waals surface area contributed by atoms with Gasteiger partial charge in [0.25, 0.3) is 0 Å². The summed E-state index contributed by atoms with van der Waals surface area (Å²) in [6.45, 7) is 3.79. The molecular weight excluding hydrogens is 336 g/mol. The van der Waals surface area contributed by atoms with E-state index in [0.29, 0.717) is 16.6 Å². The van der Waals surface area contributed by atoms with Crippen LogP contribution in [0.2, 0.25) is 5.15 Å². The summed E-state index contributed by atoms with van der Waals surface area (Å²) in [5, 5.41) is 8.69. The van der Waals surface area contributed by atoms with Crippen molar-refractivity contribution in [2.45, 2.75) is 20.0 Å². The topological polar surface area (TPSA) is 98.6 Å². The molecule has 0 amide bonds. The second kappa shape index (κ2) is 9.46. The smallest absolute Gasteiger partial charge is 0.338 e. The number of carboxylic acid groups (broad SMARTS) is 1. The third-order valence-electron chi connectivity index (χ3n) is 2.49. The van der Waals surface area contributed by atoms with Crippen molar-refractivity contribution in [3.63, 3.8) is 0 Å². The number of hydrogen-bond acceptors (Lipinski definition) is 6. The predicted molar refractivity (Wildman–Crippen MR) is 87.5 cm³/mol. The molecule has 0 radical (unpaired) electrons. The van der Waals surface area contributed by atoms with E-state index < -0.39 is 5.97 Å². The standard InChI is InChI=1S/C10H13NO3.C6H4ClNO2/c1-7(2)14-9-6-8(4-5-11-9)10(12)13-3;7-5-2-1-4(3-8-5)6(9)10/h4-7H,1-3H3;1-3H,(H,9,10). The summed E-state index contributed by atoms with van der Waals surface area (Å²) in [5.74, 6) is -0.951. The molecule has 128 valence electrons. The molecule has 0 aromatic carbocycles. The minimum Gasteiger partial charge on any atom is -0.478 e. The number of nitrogens with zero attached hydrogens (tertiary/aromatic N) is 2. The highest BCUT2D eigenvalue weighted by atomic mass is 35.5. The van der Waals surface area contributed by atoms with Crippen LogP contribution in [-0.4, -0.2) is 40.2 Å². The average molecular weight is 353 g/mol. The molecule has 2 aromatic rings. The molecule has 0 saturated carbocycles. The average Bonchev–Trinajstić information content (AvgIpc) is 2.54. The van der Waals surface area contributed by atoms with Crippen LogP contribution >= 0.6 is 11.6 Å². The van der Waals surface area contributed by atoms with Gasteiger partial charge in [-0.25, -0.2) is 19.6 Å². The van der Waals surface area contributed by atoms with Crippen LogP contribution < -0.4 is 4.74 Å². The molecule has 0 fully saturated rings. The number of carbonyl (C=O) groups is 2. The Labute approximate surface area is 144 Å². The summed E-state index contributed by atoms with van der Waals surface area (Å²) in [5.41, 5.74) is 0.586. The third-order valence-corrected chi connectivity index (χ3v) is 2.71. The Morgan fingerprint density at radius 2 is 1.88 bits per heavy atom. The van der Waals surface area contributed by atoms with Gasteiger partial charge in [0.1, 0.15) is 5.15 Å². The fourth-order valence-electron chi connectivity index (χ4n) is 1.46. The van der Waals surface area contributed by atoms with Crippen LogP contribution in [0.1, 0.15) is 34.6 Å². The number of halogens is 1. The Morgan fingerprint density at radius 3 is 2.38 bits per heavy atom. The van der Waals surface area contributed by atoms with E-state index >= 15 is 0 Å². The maximum Gasteiger partial charge on any atom is 0.338 e. The fourth-order valence-corrected chi connectivity index (χ4v) is 1.57. The van der Waals surface area contributed by atoms with Crippen molar-refractivity contribution >= 4 is 23.5 Å². The lowest BCUT2D eigenvalue weighted by atomic mass is 10.3. The van der Waals surface area contributed by atoms with Gasteiger partial charge in [-0.15, -0.1) is 0 Å². The van der Waals surface area contributed by atoms with Crippen LogP contribution in [0.15, 0.2) is 36.7 Å². The Kier molecular flexibility index (Phi) is 7.64. The molecule has 0 aliphatic rings. The summed E-state index contributed by atoms with van der Waals surface area (Å²) < 4.78 is 9.90. The predicted octanol–water partition coefficient (Wildman–Crippen LogP) is 3.09.